The monoisotopic (exact) mass is 285 g/mol. The third-order valence-corrected chi connectivity index (χ3v) is 5.95. The fourth-order valence-corrected chi connectivity index (χ4v) is 4.54. The smallest absolute Gasteiger partial charge is 0.0233 e. The number of piperidine rings is 3. The summed E-state index contributed by atoms with van der Waals surface area (Å²) in [6.45, 7) is 6.14. The highest BCUT2D eigenvalue weighted by molar-refractivity contribution is 5.14. The third kappa shape index (κ3) is 2.75. The molecule has 1 saturated carbocycles. The molecule has 0 spiro atoms. The van der Waals surface area contributed by atoms with Crippen molar-refractivity contribution in [3.8, 4) is 0 Å². The van der Waals surface area contributed by atoms with Gasteiger partial charge in [0.05, 0.1) is 0 Å². The van der Waals surface area contributed by atoms with Crippen molar-refractivity contribution >= 4 is 0 Å². The van der Waals surface area contributed by atoms with Crippen molar-refractivity contribution in [2.75, 3.05) is 26.2 Å². The first-order valence-electron chi connectivity index (χ1n) is 8.55. The second-order valence-corrected chi connectivity index (χ2v) is 7.28. The topological polar surface area (TPSA) is 32.5 Å². The van der Waals surface area contributed by atoms with Gasteiger partial charge in [-0.3, -0.25) is 9.80 Å². The summed E-state index contributed by atoms with van der Waals surface area (Å²) in [7, 11) is 0. The van der Waals surface area contributed by atoms with Crippen molar-refractivity contribution in [2.45, 2.75) is 37.9 Å². The van der Waals surface area contributed by atoms with E-state index in [2.05, 4.69) is 40.1 Å². The SMILES string of the molecule is NC1C2CC1CN(C1CCN(Cc3ccccc3)CC1)C2. The molecule has 4 fully saturated rings. The summed E-state index contributed by atoms with van der Waals surface area (Å²) in [6.07, 6.45) is 4.06. The number of likely N-dealkylation sites (tertiary alicyclic amines) is 1. The van der Waals surface area contributed by atoms with Gasteiger partial charge in [0.15, 0.2) is 0 Å². The molecule has 2 N–H and O–H groups in total. The molecule has 21 heavy (non-hydrogen) atoms. The number of benzene rings is 1. The Morgan fingerprint density at radius 1 is 1.00 bits per heavy atom. The van der Waals surface area contributed by atoms with Gasteiger partial charge in [-0.1, -0.05) is 30.3 Å². The van der Waals surface area contributed by atoms with Crippen LogP contribution in [0.5, 0.6) is 0 Å². The summed E-state index contributed by atoms with van der Waals surface area (Å²) in [5.41, 5.74) is 7.64. The molecule has 3 saturated heterocycles. The Morgan fingerprint density at radius 2 is 1.67 bits per heavy atom. The zero-order valence-electron chi connectivity index (χ0n) is 12.8. The summed E-state index contributed by atoms with van der Waals surface area (Å²) in [6, 6.07) is 12.2. The first-order chi connectivity index (χ1) is 10.3. The Balaban J connectivity index is 1.27. The van der Waals surface area contributed by atoms with Gasteiger partial charge < -0.3 is 5.73 Å². The van der Waals surface area contributed by atoms with Gasteiger partial charge in [-0.25, -0.2) is 0 Å². The van der Waals surface area contributed by atoms with Crippen LogP contribution in [-0.4, -0.2) is 48.1 Å². The predicted octanol–water partition coefficient (Wildman–Crippen LogP) is 1.93. The van der Waals surface area contributed by atoms with Gasteiger partial charge in [0.1, 0.15) is 0 Å². The minimum absolute atomic E-state index is 0.513. The molecule has 3 heterocycles. The zero-order valence-corrected chi connectivity index (χ0v) is 12.8. The molecule has 2 unspecified atom stereocenters. The molecule has 3 heteroatoms. The van der Waals surface area contributed by atoms with Crippen LogP contribution in [0.4, 0.5) is 0 Å². The number of nitrogens with two attached hydrogens (primary N) is 1. The molecule has 114 valence electrons. The van der Waals surface area contributed by atoms with Crippen LogP contribution >= 0.6 is 0 Å². The standard InChI is InChI=1S/C18H27N3/c19-18-15-10-16(18)13-21(12-15)17-6-8-20(9-7-17)11-14-4-2-1-3-5-14/h1-5,15-18H,6-13,19H2. The van der Waals surface area contributed by atoms with Gasteiger partial charge in [0.2, 0.25) is 0 Å². The van der Waals surface area contributed by atoms with E-state index in [9.17, 15) is 0 Å². The molecule has 4 aliphatic rings. The Bertz CT molecular complexity index is 455. The van der Waals surface area contributed by atoms with E-state index in [-0.39, 0.29) is 0 Å². The summed E-state index contributed by atoms with van der Waals surface area (Å²) in [5.74, 6) is 1.59. The van der Waals surface area contributed by atoms with Gasteiger partial charge in [0.25, 0.3) is 0 Å². The summed E-state index contributed by atoms with van der Waals surface area (Å²) in [5, 5.41) is 0. The number of hydrogen-bond donors (Lipinski definition) is 1. The van der Waals surface area contributed by atoms with Crippen molar-refractivity contribution < 1.29 is 0 Å². The van der Waals surface area contributed by atoms with Crippen LogP contribution in [0.15, 0.2) is 30.3 Å². The average Bonchev–Trinajstić information content (AvgIpc) is 2.56. The molecule has 5 rings (SSSR count). The van der Waals surface area contributed by atoms with Gasteiger partial charge in [0, 0.05) is 31.7 Å². The molecule has 2 bridgehead atoms. The van der Waals surface area contributed by atoms with Gasteiger partial charge in [-0.15, -0.1) is 0 Å². The minimum atomic E-state index is 0.513. The highest BCUT2D eigenvalue weighted by atomic mass is 15.2. The lowest BCUT2D eigenvalue weighted by molar-refractivity contribution is -0.0336. The Hall–Kier alpha value is -0.900. The van der Waals surface area contributed by atoms with Crippen LogP contribution in [0.3, 0.4) is 0 Å². The lowest BCUT2D eigenvalue weighted by atomic mass is 9.66. The van der Waals surface area contributed by atoms with E-state index >= 15 is 0 Å². The van der Waals surface area contributed by atoms with Crippen molar-refractivity contribution in [3.05, 3.63) is 35.9 Å². The van der Waals surface area contributed by atoms with E-state index in [1.54, 1.807) is 0 Å². The lowest BCUT2D eigenvalue weighted by Gasteiger charge is -2.55. The maximum absolute atomic E-state index is 6.19. The molecule has 1 aromatic rings. The third-order valence-electron chi connectivity index (χ3n) is 5.95. The molecule has 3 nitrogen and oxygen atoms in total. The number of hydrogen-bond acceptors (Lipinski definition) is 3. The summed E-state index contributed by atoms with van der Waals surface area (Å²) < 4.78 is 0. The molecule has 1 aliphatic carbocycles. The molecule has 2 atom stereocenters. The van der Waals surface area contributed by atoms with E-state index in [1.165, 1.54) is 51.0 Å². The molecular weight excluding hydrogens is 258 g/mol. The minimum Gasteiger partial charge on any atom is -0.327 e. The maximum atomic E-state index is 6.19. The van der Waals surface area contributed by atoms with Crippen molar-refractivity contribution in [3.63, 3.8) is 0 Å². The Kier molecular flexibility index (Phi) is 3.74. The number of fused-ring (bicyclic) bond motifs is 2. The average molecular weight is 285 g/mol. The fourth-order valence-electron chi connectivity index (χ4n) is 4.54. The van der Waals surface area contributed by atoms with Crippen LogP contribution < -0.4 is 5.73 Å². The van der Waals surface area contributed by atoms with Gasteiger partial charge in [-0.05, 0) is 49.8 Å². The molecule has 1 aromatic carbocycles. The lowest BCUT2D eigenvalue weighted by Crippen LogP contribution is -2.64. The molecule has 3 aliphatic heterocycles. The van der Waals surface area contributed by atoms with E-state index in [4.69, 9.17) is 5.73 Å². The predicted molar refractivity (Wildman–Crippen MR) is 85.9 cm³/mol. The van der Waals surface area contributed by atoms with E-state index in [1.807, 2.05) is 0 Å². The second kappa shape index (κ2) is 5.71. The molecule has 0 aromatic heterocycles. The first kappa shape index (κ1) is 13.7. The molecule has 0 amide bonds. The van der Waals surface area contributed by atoms with Crippen LogP contribution in [0.1, 0.15) is 24.8 Å². The number of nitrogens with zero attached hydrogens (tertiary/aromatic N) is 2. The van der Waals surface area contributed by atoms with Crippen LogP contribution in [0.2, 0.25) is 0 Å². The van der Waals surface area contributed by atoms with E-state index in [0.29, 0.717) is 6.04 Å². The molecular formula is C18H27N3. The second-order valence-electron chi connectivity index (χ2n) is 7.28. The maximum Gasteiger partial charge on any atom is 0.0233 e. The highest BCUT2D eigenvalue weighted by Gasteiger charge is 2.46. The highest BCUT2D eigenvalue weighted by Crippen LogP contribution is 2.40. The normalized spacial score (nSPS) is 34.6. The van der Waals surface area contributed by atoms with Crippen molar-refractivity contribution in [1.29, 1.82) is 0 Å². The van der Waals surface area contributed by atoms with Gasteiger partial charge in [-0.2, -0.15) is 0 Å². The van der Waals surface area contributed by atoms with Crippen molar-refractivity contribution in [1.82, 2.24) is 9.80 Å². The zero-order chi connectivity index (χ0) is 14.2. The Morgan fingerprint density at radius 3 is 2.29 bits per heavy atom. The van der Waals surface area contributed by atoms with Gasteiger partial charge >= 0.3 is 0 Å². The van der Waals surface area contributed by atoms with Crippen molar-refractivity contribution in [2.24, 2.45) is 17.6 Å². The quantitative estimate of drug-likeness (QED) is 0.921. The number of rotatable bonds is 3. The van der Waals surface area contributed by atoms with Crippen LogP contribution in [-0.2, 0) is 6.54 Å². The van der Waals surface area contributed by atoms with Crippen LogP contribution in [0.25, 0.3) is 0 Å². The first-order valence-corrected chi connectivity index (χ1v) is 8.55. The molecule has 0 radical (unpaired) electrons. The fraction of sp³-hybridized carbons (Fsp3) is 0.667. The largest absolute Gasteiger partial charge is 0.327 e. The van der Waals surface area contributed by atoms with E-state index in [0.717, 1.165) is 24.4 Å². The van der Waals surface area contributed by atoms with Crippen LogP contribution in [0, 0.1) is 11.8 Å². The Labute approximate surface area is 128 Å². The summed E-state index contributed by atoms with van der Waals surface area (Å²) in [4.78, 5) is 5.37. The summed E-state index contributed by atoms with van der Waals surface area (Å²) >= 11 is 0. The van der Waals surface area contributed by atoms with E-state index < -0.39 is 0 Å².